The Morgan fingerprint density at radius 2 is 2.11 bits per heavy atom. The summed E-state index contributed by atoms with van der Waals surface area (Å²) in [5, 5.41) is 0. The molecule has 0 spiro atoms. The summed E-state index contributed by atoms with van der Waals surface area (Å²) >= 11 is 0. The summed E-state index contributed by atoms with van der Waals surface area (Å²) in [6.07, 6.45) is -0.219. The second-order valence-electron chi connectivity index (χ2n) is 3.74. The first-order chi connectivity index (χ1) is 8.45. The third-order valence-electron chi connectivity index (χ3n) is 2.47. The van der Waals surface area contributed by atoms with Crippen molar-refractivity contribution in [2.45, 2.75) is 13.3 Å². The van der Waals surface area contributed by atoms with Crippen LogP contribution in [0.4, 0.5) is 0 Å². The van der Waals surface area contributed by atoms with Crippen LogP contribution in [-0.4, -0.2) is 38.2 Å². The Labute approximate surface area is 104 Å². The van der Waals surface area contributed by atoms with Crippen molar-refractivity contribution in [3.8, 4) is 0 Å². The van der Waals surface area contributed by atoms with Gasteiger partial charge in [0.15, 0.2) is 0 Å². The summed E-state index contributed by atoms with van der Waals surface area (Å²) in [5.74, 6) is -1.67. The van der Waals surface area contributed by atoms with E-state index >= 15 is 0 Å². The second-order valence-corrected chi connectivity index (χ2v) is 3.74. The Bertz CT molecular complexity index is 432. The maximum atomic E-state index is 11.5. The van der Waals surface area contributed by atoms with Crippen LogP contribution in [0.25, 0.3) is 0 Å². The second kappa shape index (κ2) is 6.00. The number of carbonyl (C=O) groups excluding carboxylic acids is 3. The van der Waals surface area contributed by atoms with Gasteiger partial charge in [0.05, 0.1) is 13.5 Å². The van der Waals surface area contributed by atoms with E-state index in [1.165, 1.54) is 7.11 Å². The third kappa shape index (κ3) is 3.44. The Morgan fingerprint density at radius 1 is 1.44 bits per heavy atom. The van der Waals surface area contributed by atoms with E-state index in [0.717, 1.165) is 0 Å². The van der Waals surface area contributed by atoms with Crippen LogP contribution in [0.15, 0.2) is 23.3 Å². The van der Waals surface area contributed by atoms with Crippen LogP contribution in [0.2, 0.25) is 0 Å². The quantitative estimate of drug-likeness (QED) is 0.404. The highest BCUT2D eigenvalue weighted by Crippen LogP contribution is 2.15. The van der Waals surface area contributed by atoms with Crippen LogP contribution >= 0.6 is 0 Å². The molecule has 0 atom stereocenters. The van der Waals surface area contributed by atoms with Crippen molar-refractivity contribution >= 4 is 17.9 Å². The summed E-state index contributed by atoms with van der Waals surface area (Å²) in [4.78, 5) is 33.4. The molecule has 0 aromatic carbocycles. The molecule has 0 aromatic heterocycles. The highest BCUT2D eigenvalue weighted by Gasteiger charge is 2.22. The van der Waals surface area contributed by atoms with Gasteiger partial charge < -0.3 is 14.2 Å². The Morgan fingerprint density at radius 3 is 2.61 bits per heavy atom. The molecule has 18 heavy (non-hydrogen) atoms. The molecule has 0 bridgehead atoms. The number of ether oxygens (including phenoxy) is 3. The zero-order valence-electron chi connectivity index (χ0n) is 10.3. The van der Waals surface area contributed by atoms with E-state index in [1.807, 2.05) is 0 Å². The van der Waals surface area contributed by atoms with Crippen LogP contribution in [0.5, 0.6) is 0 Å². The summed E-state index contributed by atoms with van der Waals surface area (Å²) in [5.41, 5.74) is 1.06. The van der Waals surface area contributed by atoms with Gasteiger partial charge in [-0.15, -0.1) is 0 Å². The van der Waals surface area contributed by atoms with Crippen LogP contribution < -0.4 is 0 Å². The van der Waals surface area contributed by atoms with E-state index < -0.39 is 17.9 Å². The molecule has 0 saturated heterocycles. The number of cyclic esters (lactones) is 1. The maximum absolute atomic E-state index is 11.5. The molecular formula is C12H14O6. The summed E-state index contributed by atoms with van der Waals surface area (Å²) in [6, 6.07) is 0. The monoisotopic (exact) mass is 254 g/mol. The molecule has 6 nitrogen and oxygen atoms in total. The molecule has 0 saturated carbocycles. The van der Waals surface area contributed by atoms with Gasteiger partial charge in [0.25, 0.3) is 0 Å². The fourth-order valence-electron chi connectivity index (χ4n) is 1.24. The minimum atomic E-state index is -0.694. The lowest BCUT2D eigenvalue weighted by atomic mass is 10.2. The molecule has 0 unspecified atom stereocenters. The minimum Gasteiger partial charge on any atom is -0.469 e. The predicted octanol–water partition coefficient (Wildman–Crippen LogP) is 0.522. The minimum absolute atomic E-state index is 0.00495. The zero-order chi connectivity index (χ0) is 13.7. The standard InChI is InChI=1S/C12H14O6/c1-7(4-10(13)16-3)11(14)17-5-9-6-18-12(15)8(9)2/h1,4-6H2,2-3H3. The van der Waals surface area contributed by atoms with E-state index in [2.05, 4.69) is 11.3 Å². The highest BCUT2D eigenvalue weighted by molar-refractivity contribution is 5.94. The fraction of sp³-hybridized carbons (Fsp3) is 0.417. The first-order valence-electron chi connectivity index (χ1n) is 5.23. The van der Waals surface area contributed by atoms with Crippen molar-refractivity contribution < 1.29 is 28.6 Å². The Hall–Kier alpha value is -2.11. The SMILES string of the molecule is C=C(CC(=O)OC)C(=O)OCC1=C(C)C(=O)OC1. The number of methoxy groups -OCH3 is 1. The van der Waals surface area contributed by atoms with Crippen molar-refractivity contribution in [3.63, 3.8) is 0 Å². The number of hydrogen-bond acceptors (Lipinski definition) is 6. The van der Waals surface area contributed by atoms with Crippen molar-refractivity contribution in [1.82, 2.24) is 0 Å². The van der Waals surface area contributed by atoms with Crippen LogP contribution in [0.3, 0.4) is 0 Å². The normalized spacial score (nSPS) is 14.2. The predicted molar refractivity (Wildman–Crippen MR) is 60.4 cm³/mol. The van der Waals surface area contributed by atoms with Gasteiger partial charge in [0.1, 0.15) is 13.2 Å². The van der Waals surface area contributed by atoms with Gasteiger partial charge in [-0.3, -0.25) is 4.79 Å². The summed E-state index contributed by atoms with van der Waals surface area (Å²) in [7, 11) is 1.22. The average Bonchev–Trinajstić information content (AvgIpc) is 2.66. The third-order valence-corrected chi connectivity index (χ3v) is 2.47. The van der Waals surface area contributed by atoms with Gasteiger partial charge in [-0.1, -0.05) is 6.58 Å². The molecule has 1 rings (SSSR count). The molecule has 0 aromatic rings. The molecule has 0 N–H and O–H groups in total. The van der Waals surface area contributed by atoms with Gasteiger partial charge in [0.2, 0.25) is 0 Å². The van der Waals surface area contributed by atoms with Crippen molar-refractivity contribution in [1.29, 1.82) is 0 Å². The number of esters is 3. The topological polar surface area (TPSA) is 78.9 Å². The van der Waals surface area contributed by atoms with Crippen LogP contribution in [-0.2, 0) is 28.6 Å². The van der Waals surface area contributed by atoms with E-state index in [-0.39, 0.29) is 25.2 Å². The first kappa shape index (κ1) is 14.0. The summed E-state index contributed by atoms with van der Waals surface area (Å²) in [6.45, 7) is 5.11. The molecule has 1 heterocycles. The smallest absolute Gasteiger partial charge is 0.334 e. The molecular weight excluding hydrogens is 240 g/mol. The van der Waals surface area contributed by atoms with Crippen molar-refractivity contribution in [2.24, 2.45) is 0 Å². The molecule has 6 heteroatoms. The number of hydrogen-bond donors (Lipinski definition) is 0. The first-order valence-corrected chi connectivity index (χ1v) is 5.23. The fourth-order valence-corrected chi connectivity index (χ4v) is 1.24. The lowest BCUT2D eigenvalue weighted by molar-refractivity contribution is -0.144. The van der Waals surface area contributed by atoms with Gasteiger partial charge in [0, 0.05) is 16.7 Å². The molecule has 0 fully saturated rings. The average molecular weight is 254 g/mol. The maximum Gasteiger partial charge on any atom is 0.334 e. The Balaban J connectivity index is 2.45. The summed E-state index contributed by atoms with van der Waals surface area (Å²) < 4.78 is 14.1. The van der Waals surface area contributed by atoms with Gasteiger partial charge >= 0.3 is 17.9 Å². The van der Waals surface area contributed by atoms with E-state index in [4.69, 9.17) is 9.47 Å². The van der Waals surface area contributed by atoms with Crippen molar-refractivity contribution in [2.75, 3.05) is 20.3 Å². The lowest BCUT2D eigenvalue weighted by Gasteiger charge is -2.06. The largest absolute Gasteiger partial charge is 0.469 e. The van der Waals surface area contributed by atoms with E-state index in [0.29, 0.717) is 11.1 Å². The van der Waals surface area contributed by atoms with Gasteiger partial charge in [-0.2, -0.15) is 0 Å². The van der Waals surface area contributed by atoms with Crippen LogP contribution in [0.1, 0.15) is 13.3 Å². The molecule has 0 aliphatic carbocycles. The zero-order valence-corrected chi connectivity index (χ0v) is 10.3. The molecule has 1 aliphatic heterocycles. The van der Waals surface area contributed by atoms with Gasteiger partial charge in [-0.25, -0.2) is 9.59 Å². The Kier molecular flexibility index (Phi) is 4.65. The van der Waals surface area contributed by atoms with Gasteiger partial charge in [-0.05, 0) is 6.92 Å². The molecule has 0 radical (unpaired) electrons. The highest BCUT2D eigenvalue weighted by atomic mass is 16.6. The van der Waals surface area contributed by atoms with E-state index in [1.54, 1.807) is 6.92 Å². The molecule has 1 aliphatic rings. The van der Waals surface area contributed by atoms with Crippen molar-refractivity contribution in [3.05, 3.63) is 23.3 Å². The molecule has 0 amide bonds. The van der Waals surface area contributed by atoms with Crippen LogP contribution in [0, 0.1) is 0 Å². The number of carbonyl (C=O) groups is 3. The number of rotatable bonds is 5. The van der Waals surface area contributed by atoms with E-state index in [9.17, 15) is 14.4 Å². The lowest BCUT2D eigenvalue weighted by Crippen LogP contribution is -2.14. The molecule has 98 valence electrons.